The Balaban J connectivity index is 2.26. The summed E-state index contributed by atoms with van der Waals surface area (Å²) in [4.78, 5) is 34.9. The summed E-state index contributed by atoms with van der Waals surface area (Å²) >= 11 is 2.99. The number of hydrogen-bond donors (Lipinski definition) is 2. The normalized spacial score (nSPS) is 25.3. The van der Waals surface area contributed by atoms with Crippen LogP contribution in [0.25, 0.3) is 0 Å². The monoisotopic (exact) mass is 312 g/mol. The van der Waals surface area contributed by atoms with Crippen molar-refractivity contribution in [2.45, 2.75) is 12.0 Å². The minimum atomic E-state index is -1.45. The van der Waals surface area contributed by atoms with Crippen molar-refractivity contribution in [2.75, 3.05) is 0 Å². The summed E-state index contributed by atoms with van der Waals surface area (Å²) in [6.07, 6.45) is -0.185. The maximum Gasteiger partial charge on any atom is 0.322 e. The van der Waals surface area contributed by atoms with Crippen LogP contribution < -0.4 is 10.6 Å². The fourth-order valence-electron chi connectivity index (χ4n) is 2.37. The minimum absolute atomic E-state index is 0.149. The highest BCUT2D eigenvalue weighted by Gasteiger charge is 2.54. The van der Waals surface area contributed by atoms with E-state index in [0.717, 1.165) is 6.07 Å². The van der Waals surface area contributed by atoms with Crippen LogP contribution in [-0.2, 0) is 10.3 Å². The average Bonchev–Trinajstić information content (AvgIpc) is 2.70. The predicted molar refractivity (Wildman–Crippen MR) is 61.4 cm³/mol. The molecule has 1 fully saturated rings. The maximum absolute atomic E-state index is 13.6. The molecule has 1 aliphatic heterocycles. The van der Waals surface area contributed by atoms with E-state index in [1.807, 2.05) is 0 Å². The lowest BCUT2D eigenvalue weighted by molar-refractivity contribution is -0.124. The number of rotatable bonds is 0. The van der Waals surface area contributed by atoms with E-state index in [1.54, 1.807) is 0 Å². The Hall–Kier alpha value is -1.76. The predicted octanol–water partition coefficient (Wildman–Crippen LogP) is 1.21. The summed E-state index contributed by atoms with van der Waals surface area (Å²) in [5.41, 5.74) is -0.998. The van der Waals surface area contributed by atoms with Crippen molar-refractivity contribution in [3.63, 3.8) is 0 Å². The van der Waals surface area contributed by atoms with E-state index >= 15 is 0 Å². The van der Waals surface area contributed by atoms with Gasteiger partial charge in [0.15, 0.2) is 11.3 Å². The number of imide groups is 1. The maximum atomic E-state index is 13.6. The Bertz CT molecular complexity index is 631. The van der Waals surface area contributed by atoms with Gasteiger partial charge in [0.05, 0.1) is 4.47 Å². The molecule has 2 aliphatic rings. The SMILES string of the molecule is O=C1NC(=O)C2(CC(=O)c3cc(Br)c(F)cc32)N1. The Kier molecular flexibility index (Phi) is 2.13. The molecule has 0 saturated carbocycles. The molecule has 1 saturated heterocycles. The number of halogens is 2. The number of carbonyl (C=O) groups excluding carboxylic acids is 3. The van der Waals surface area contributed by atoms with Gasteiger partial charge in [-0.1, -0.05) is 0 Å². The van der Waals surface area contributed by atoms with Crippen molar-refractivity contribution in [3.8, 4) is 0 Å². The van der Waals surface area contributed by atoms with Crippen molar-refractivity contribution >= 4 is 33.7 Å². The third kappa shape index (κ3) is 1.28. The number of Topliss-reactive ketones (excluding diaryl/α,β-unsaturated/α-hetero) is 1. The molecule has 3 rings (SSSR count). The first kappa shape index (κ1) is 11.3. The van der Waals surface area contributed by atoms with Gasteiger partial charge < -0.3 is 5.32 Å². The van der Waals surface area contributed by atoms with Crippen molar-refractivity contribution in [2.24, 2.45) is 0 Å². The highest BCUT2D eigenvalue weighted by atomic mass is 79.9. The molecular weight excluding hydrogens is 307 g/mol. The van der Waals surface area contributed by atoms with Gasteiger partial charge in [0.1, 0.15) is 5.82 Å². The summed E-state index contributed by atoms with van der Waals surface area (Å²) in [5, 5.41) is 4.48. The average molecular weight is 313 g/mol. The van der Waals surface area contributed by atoms with E-state index in [9.17, 15) is 18.8 Å². The van der Waals surface area contributed by atoms with Gasteiger partial charge in [-0.25, -0.2) is 9.18 Å². The van der Waals surface area contributed by atoms with E-state index in [4.69, 9.17) is 0 Å². The van der Waals surface area contributed by atoms with E-state index in [-0.39, 0.29) is 27.8 Å². The van der Waals surface area contributed by atoms with Crippen LogP contribution in [0.2, 0.25) is 0 Å². The largest absolute Gasteiger partial charge is 0.322 e. The zero-order chi connectivity index (χ0) is 13.1. The lowest BCUT2D eigenvalue weighted by Crippen LogP contribution is -2.42. The topological polar surface area (TPSA) is 75.3 Å². The molecule has 1 atom stereocenters. The molecule has 5 nitrogen and oxygen atoms in total. The first-order chi connectivity index (χ1) is 8.44. The van der Waals surface area contributed by atoms with Crippen molar-refractivity contribution in [3.05, 3.63) is 33.5 Å². The quantitative estimate of drug-likeness (QED) is 0.707. The van der Waals surface area contributed by atoms with Crippen molar-refractivity contribution < 1.29 is 18.8 Å². The molecule has 2 N–H and O–H groups in total. The van der Waals surface area contributed by atoms with Crippen molar-refractivity contribution in [1.82, 2.24) is 10.6 Å². The fourth-order valence-corrected chi connectivity index (χ4v) is 2.71. The van der Waals surface area contributed by atoms with Gasteiger partial charge in [-0.3, -0.25) is 14.9 Å². The Labute approximate surface area is 109 Å². The van der Waals surface area contributed by atoms with Gasteiger partial charge in [0, 0.05) is 17.5 Å². The summed E-state index contributed by atoms with van der Waals surface area (Å²) < 4.78 is 13.7. The lowest BCUT2D eigenvalue weighted by Gasteiger charge is -2.20. The minimum Gasteiger partial charge on any atom is -0.319 e. The molecule has 0 bridgehead atoms. The first-order valence-corrected chi connectivity index (χ1v) is 5.90. The van der Waals surface area contributed by atoms with Crippen LogP contribution in [0.3, 0.4) is 0 Å². The van der Waals surface area contributed by atoms with Gasteiger partial charge in [0.2, 0.25) is 0 Å². The van der Waals surface area contributed by atoms with Crippen LogP contribution >= 0.6 is 15.9 Å². The zero-order valence-corrected chi connectivity index (χ0v) is 10.4. The van der Waals surface area contributed by atoms with Gasteiger partial charge >= 0.3 is 6.03 Å². The standard InChI is InChI=1S/C11H6BrFN2O3/c12-6-1-4-5(2-7(6)13)11(3-8(4)16)9(17)14-10(18)15-11/h1-2H,3H2,(H2,14,15,17,18). The molecule has 1 unspecified atom stereocenters. The van der Waals surface area contributed by atoms with E-state index in [2.05, 4.69) is 26.6 Å². The second-order valence-electron chi connectivity index (χ2n) is 4.23. The van der Waals surface area contributed by atoms with Gasteiger partial charge in [-0.15, -0.1) is 0 Å². The lowest BCUT2D eigenvalue weighted by atomic mass is 9.92. The summed E-state index contributed by atoms with van der Waals surface area (Å²) in [6.45, 7) is 0. The van der Waals surface area contributed by atoms with Gasteiger partial charge in [-0.05, 0) is 28.1 Å². The Morgan fingerprint density at radius 3 is 2.61 bits per heavy atom. The molecule has 92 valence electrons. The molecule has 1 aliphatic carbocycles. The van der Waals surface area contributed by atoms with Crippen LogP contribution in [0.4, 0.5) is 9.18 Å². The Morgan fingerprint density at radius 2 is 2.00 bits per heavy atom. The number of benzene rings is 1. The van der Waals surface area contributed by atoms with E-state index in [1.165, 1.54) is 6.07 Å². The summed E-state index contributed by atoms with van der Waals surface area (Å²) in [6, 6.07) is 1.76. The highest BCUT2D eigenvalue weighted by molar-refractivity contribution is 9.10. The van der Waals surface area contributed by atoms with E-state index < -0.39 is 23.3 Å². The molecule has 1 heterocycles. The summed E-state index contributed by atoms with van der Waals surface area (Å²) in [7, 11) is 0. The molecule has 7 heteroatoms. The third-order valence-corrected chi connectivity index (χ3v) is 3.80. The van der Waals surface area contributed by atoms with Crippen LogP contribution in [-0.4, -0.2) is 17.7 Å². The number of fused-ring (bicyclic) bond motifs is 2. The Morgan fingerprint density at radius 1 is 1.28 bits per heavy atom. The molecule has 18 heavy (non-hydrogen) atoms. The van der Waals surface area contributed by atoms with E-state index in [0.29, 0.717) is 0 Å². The smallest absolute Gasteiger partial charge is 0.319 e. The molecule has 0 aromatic heterocycles. The van der Waals surface area contributed by atoms with Crippen LogP contribution in [0, 0.1) is 5.82 Å². The molecular formula is C11H6BrFN2O3. The number of urea groups is 1. The van der Waals surface area contributed by atoms with Gasteiger partial charge in [0.25, 0.3) is 5.91 Å². The number of amides is 3. The molecule has 1 spiro atoms. The molecule has 3 amide bonds. The molecule has 1 aromatic carbocycles. The van der Waals surface area contributed by atoms with Gasteiger partial charge in [-0.2, -0.15) is 0 Å². The van der Waals surface area contributed by atoms with Crippen LogP contribution in [0.15, 0.2) is 16.6 Å². The van der Waals surface area contributed by atoms with Crippen LogP contribution in [0.5, 0.6) is 0 Å². The second-order valence-corrected chi connectivity index (χ2v) is 5.08. The van der Waals surface area contributed by atoms with Crippen LogP contribution in [0.1, 0.15) is 22.3 Å². The number of ketones is 1. The highest BCUT2D eigenvalue weighted by Crippen LogP contribution is 2.40. The third-order valence-electron chi connectivity index (χ3n) is 3.19. The summed E-state index contributed by atoms with van der Waals surface area (Å²) in [5.74, 6) is -1.51. The zero-order valence-electron chi connectivity index (χ0n) is 8.84. The molecule has 0 radical (unpaired) electrons. The second kappa shape index (κ2) is 3.38. The number of nitrogens with one attached hydrogen (secondary N) is 2. The first-order valence-electron chi connectivity index (χ1n) is 5.10. The molecule has 1 aromatic rings. The fraction of sp³-hybridized carbons (Fsp3) is 0.182. The number of carbonyl (C=O) groups is 3. The van der Waals surface area contributed by atoms with Crippen molar-refractivity contribution in [1.29, 1.82) is 0 Å². The number of hydrogen-bond acceptors (Lipinski definition) is 3.